The number of carbonyl (C=O) groups excluding carboxylic acids is 2. The number of aryl methyl sites for hydroxylation is 2. The first-order chi connectivity index (χ1) is 16.8. The maximum Gasteiger partial charge on any atom is 0.228 e. The highest BCUT2D eigenvalue weighted by Crippen LogP contribution is 2.22. The predicted octanol–water partition coefficient (Wildman–Crippen LogP) is 6.44. The molecule has 7 heteroatoms. The molecule has 0 saturated heterocycles. The van der Waals surface area contributed by atoms with Crippen molar-refractivity contribution in [2.24, 2.45) is 5.73 Å². The van der Waals surface area contributed by atoms with Crippen molar-refractivity contribution in [2.75, 3.05) is 31.5 Å². The van der Waals surface area contributed by atoms with Crippen LogP contribution in [0.5, 0.6) is 0 Å². The van der Waals surface area contributed by atoms with Crippen LogP contribution in [-0.2, 0) is 11.2 Å². The third kappa shape index (κ3) is 14.5. The van der Waals surface area contributed by atoms with E-state index in [2.05, 4.69) is 29.0 Å². The summed E-state index contributed by atoms with van der Waals surface area (Å²) in [4.78, 5) is 26.6. The highest BCUT2D eigenvalue weighted by Gasteiger charge is 2.17. The third-order valence-corrected chi connectivity index (χ3v) is 4.90. The highest BCUT2D eigenvalue weighted by atomic mass is 19.1. The first-order valence-electron chi connectivity index (χ1n) is 12.9. The number of benzene rings is 1. The number of hydrogen-bond donors (Lipinski definition) is 3. The van der Waals surface area contributed by atoms with Gasteiger partial charge in [-0.15, -0.1) is 0 Å². The summed E-state index contributed by atoms with van der Waals surface area (Å²) in [6.07, 6.45) is 1.20. The van der Waals surface area contributed by atoms with E-state index in [0.717, 1.165) is 66.2 Å². The van der Waals surface area contributed by atoms with Crippen LogP contribution in [0.15, 0.2) is 18.2 Å². The molecule has 1 aliphatic rings. The Hall–Kier alpha value is -2.51. The minimum absolute atomic E-state index is 0.0643. The van der Waals surface area contributed by atoms with Gasteiger partial charge in [0.2, 0.25) is 5.91 Å². The zero-order valence-corrected chi connectivity index (χ0v) is 24.1. The molecule has 0 spiro atoms. The lowest BCUT2D eigenvalue weighted by atomic mass is 10.1. The Balaban J connectivity index is -0.000000400. The topological polar surface area (TPSA) is 91.2 Å². The summed E-state index contributed by atoms with van der Waals surface area (Å²) >= 11 is 0. The number of H-pyrrole nitrogens is 1. The number of nitrogens with two attached hydrogens (primary N) is 1. The summed E-state index contributed by atoms with van der Waals surface area (Å²) in [5.41, 5.74) is 10.7. The van der Waals surface area contributed by atoms with Gasteiger partial charge in [0.1, 0.15) is 5.82 Å². The minimum Gasteiger partial charge on any atom is -0.362 e. The minimum atomic E-state index is -0.291. The zero-order chi connectivity index (χ0) is 28.0. The van der Waals surface area contributed by atoms with Crippen molar-refractivity contribution in [1.82, 2.24) is 9.88 Å². The SMILES string of the molecule is CC.CC.CC.CCN(CC)CCN.Cc1[nH]c(C)c(C=O)c1C.O=C1Cc2cc(F)ccc2N1. The summed E-state index contributed by atoms with van der Waals surface area (Å²) in [6, 6.07) is 4.30. The number of aromatic amines is 1. The molecule has 6 nitrogen and oxygen atoms in total. The first kappa shape index (κ1) is 37.0. The Morgan fingerprint density at radius 3 is 1.89 bits per heavy atom. The van der Waals surface area contributed by atoms with Crippen molar-refractivity contribution in [3.63, 3.8) is 0 Å². The van der Waals surface area contributed by atoms with Crippen LogP contribution in [0.4, 0.5) is 10.1 Å². The van der Waals surface area contributed by atoms with E-state index in [1.165, 1.54) is 12.1 Å². The van der Waals surface area contributed by atoms with Crippen LogP contribution in [0, 0.1) is 26.6 Å². The van der Waals surface area contributed by atoms with Crippen molar-refractivity contribution < 1.29 is 14.0 Å². The second kappa shape index (κ2) is 23.2. The van der Waals surface area contributed by atoms with Crippen molar-refractivity contribution in [3.05, 3.63) is 52.1 Å². The lowest BCUT2D eigenvalue weighted by Crippen LogP contribution is -2.28. The highest BCUT2D eigenvalue weighted by molar-refractivity contribution is 5.99. The van der Waals surface area contributed by atoms with Gasteiger partial charge in [0.05, 0.1) is 6.42 Å². The van der Waals surface area contributed by atoms with Gasteiger partial charge in [-0.3, -0.25) is 9.59 Å². The van der Waals surface area contributed by atoms with Gasteiger partial charge in [-0.05, 0) is 63.2 Å². The standard InChI is InChI=1S/C8H6FNO.C8H11NO.C6H16N2.3C2H6/c9-6-1-2-7-5(3-6)4-8(11)10-7;1-5-6(2)9-7(3)8(5)4-10;1-3-8(4-2)6-5-7;3*1-2/h1-3H,4H2,(H,10,11);4,9H,1-3H3;3-7H2,1-2H3;3*1-2H3. The van der Waals surface area contributed by atoms with Crippen molar-refractivity contribution >= 4 is 17.9 Å². The average molecular weight is 495 g/mol. The predicted molar refractivity (Wildman–Crippen MR) is 150 cm³/mol. The number of anilines is 1. The molecule has 0 aliphatic carbocycles. The second-order valence-electron chi connectivity index (χ2n) is 6.87. The molecule has 0 fully saturated rings. The van der Waals surface area contributed by atoms with Gasteiger partial charge < -0.3 is 20.9 Å². The van der Waals surface area contributed by atoms with E-state index in [1.54, 1.807) is 6.07 Å². The quantitative estimate of drug-likeness (QED) is 0.417. The molecule has 1 aliphatic heterocycles. The first-order valence-corrected chi connectivity index (χ1v) is 12.9. The van der Waals surface area contributed by atoms with E-state index < -0.39 is 0 Å². The molecule has 35 heavy (non-hydrogen) atoms. The molecule has 0 atom stereocenters. The molecule has 1 aromatic heterocycles. The van der Waals surface area contributed by atoms with Crippen LogP contribution >= 0.6 is 0 Å². The zero-order valence-electron chi connectivity index (χ0n) is 24.1. The van der Waals surface area contributed by atoms with Crippen LogP contribution in [-0.4, -0.2) is 48.3 Å². The largest absolute Gasteiger partial charge is 0.362 e. The number of carbonyl (C=O) groups is 2. The van der Waals surface area contributed by atoms with Gasteiger partial charge in [0.15, 0.2) is 6.29 Å². The Kier molecular flexibility index (Phi) is 24.6. The van der Waals surface area contributed by atoms with Gasteiger partial charge in [0.25, 0.3) is 0 Å². The fourth-order valence-corrected chi connectivity index (χ4v) is 3.02. The average Bonchev–Trinajstić information content (AvgIpc) is 3.37. The number of nitrogens with one attached hydrogen (secondary N) is 2. The molecule has 4 N–H and O–H groups in total. The fraction of sp³-hybridized carbons (Fsp3) is 0.571. The van der Waals surface area contributed by atoms with E-state index in [0.29, 0.717) is 6.42 Å². The van der Waals surface area contributed by atoms with Crippen LogP contribution in [0.1, 0.15) is 88.3 Å². The second-order valence-corrected chi connectivity index (χ2v) is 6.87. The maximum atomic E-state index is 12.5. The summed E-state index contributed by atoms with van der Waals surface area (Å²) < 4.78 is 12.5. The molecular weight excluding hydrogens is 443 g/mol. The number of nitrogens with zero attached hydrogens (tertiary/aromatic N) is 1. The Morgan fingerprint density at radius 1 is 1.00 bits per heavy atom. The number of amides is 1. The fourth-order valence-electron chi connectivity index (χ4n) is 3.02. The van der Waals surface area contributed by atoms with Crippen molar-refractivity contribution in [2.45, 2.75) is 82.6 Å². The van der Waals surface area contributed by atoms with Gasteiger partial charge in [-0.2, -0.15) is 0 Å². The molecule has 0 unspecified atom stereocenters. The molecule has 0 bridgehead atoms. The van der Waals surface area contributed by atoms with Crippen LogP contribution < -0.4 is 11.1 Å². The van der Waals surface area contributed by atoms with E-state index in [4.69, 9.17) is 5.73 Å². The number of fused-ring (bicyclic) bond motifs is 1. The maximum absolute atomic E-state index is 12.5. The molecule has 2 heterocycles. The van der Waals surface area contributed by atoms with E-state index in [9.17, 15) is 14.0 Å². The molecular formula is C28H51FN4O2. The summed E-state index contributed by atoms with van der Waals surface area (Å²) in [5, 5.41) is 2.62. The number of aldehydes is 1. The van der Waals surface area contributed by atoms with Gasteiger partial charge >= 0.3 is 0 Å². The Labute approximate surface area is 213 Å². The summed E-state index contributed by atoms with van der Waals surface area (Å²) in [7, 11) is 0. The van der Waals surface area contributed by atoms with Crippen molar-refractivity contribution in [3.8, 4) is 0 Å². The smallest absolute Gasteiger partial charge is 0.228 e. The number of halogens is 1. The molecule has 2 aromatic rings. The summed E-state index contributed by atoms with van der Waals surface area (Å²) in [6.45, 7) is 26.2. The van der Waals surface area contributed by atoms with Gasteiger partial charge in [-0.1, -0.05) is 55.4 Å². The Bertz CT molecular complexity index is 816. The molecule has 3 rings (SSSR count). The number of aromatic nitrogens is 1. The van der Waals surface area contributed by atoms with Gasteiger partial charge in [-0.25, -0.2) is 4.39 Å². The van der Waals surface area contributed by atoms with Crippen LogP contribution in [0.3, 0.4) is 0 Å². The monoisotopic (exact) mass is 494 g/mol. The van der Waals surface area contributed by atoms with E-state index in [1.807, 2.05) is 62.3 Å². The number of hydrogen-bond acceptors (Lipinski definition) is 4. The molecule has 202 valence electrons. The third-order valence-electron chi connectivity index (χ3n) is 4.90. The van der Waals surface area contributed by atoms with E-state index >= 15 is 0 Å². The number of likely N-dealkylation sites (N-methyl/N-ethyl adjacent to an activating group) is 1. The molecule has 1 aromatic carbocycles. The lowest BCUT2D eigenvalue weighted by Gasteiger charge is -2.15. The molecule has 0 saturated carbocycles. The number of rotatable bonds is 5. The van der Waals surface area contributed by atoms with Crippen LogP contribution in [0.25, 0.3) is 0 Å². The molecule has 0 radical (unpaired) electrons. The van der Waals surface area contributed by atoms with Gasteiger partial charge in [0, 0.05) is 35.7 Å². The Morgan fingerprint density at radius 2 is 1.54 bits per heavy atom. The van der Waals surface area contributed by atoms with E-state index in [-0.39, 0.29) is 11.7 Å². The van der Waals surface area contributed by atoms with Crippen molar-refractivity contribution in [1.29, 1.82) is 0 Å². The molecule has 1 amide bonds. The summed E-state index contributed by atoms with van der Waals surface area (Å²) in [5.74, 6) is -0.356. The normalized spacial score (nSPS) is 10.3. The van der Waals surface area contributed by atoms with Crippen LogP contribution in [0.2, 0.25) is 0 Å². The lowest BCUT2D eigenvalue weighted by molar-refractivity contribution is -0.115.